The average Bonchev–Trinajstić information content (AvgIpc) is 2.88. The third kappa shape index (κ3) is 4.17. The van der Waals surface area contributed by atoms with Gasteiger partial charge in [0.05, 0.1) is 11.3 Å². The van der Waals surface area contributed by atoms with Gasteiger partial charge in [-0.25, -0.2) is 0 Å². The fourth-order valence-electron chi connectivity index (χ4n) is 2.19. The fourth-order valence-corrected chi connectivity index (χ4v) is 2.46. The molecule has 118 valence electrons. The molecule has 1 aromatic rings. The number of rotatable bonds is 6. The highest BCUT2D eigenvalue weighted by Gasteiger charge is 2.20. The lowest BCUT2D eigenvalue weighted by molar-refractivity contribution is -0.384. The van der Waals surface area contributed by atoms with Crippen molar-refractivity contribution in [1.29, 1.82) is 0 Å². The van der Waals surface area contributed by atoms with Gasteiger partial charge in [0.25, 0.3) is 5.69 Å². The Morgan fingerprint density at radius 1 is 1.45 bits per heavy atom. The molecule has 1 fully saturated rings. The molecule has 1 aromatic carbocycles. The van der Waals surface area contributed by atoms with Gasteiger partial charge in [-0.2, -0.15) is 0 Å². The molecule has 7 nitrogen and oxygen atoms in total. The molecule has 22 heavy (non-hydrogen) atoms. The van der Waals surface area contributed by atoms with Crippen LogP contribution in [0.1, 0.15) is 24.8 Å². The number of amides is 1. The average molecular weight is 327 g/mol. The van der Waals surface area contributed by atoms with Gasteiger partial charge in [0, 0.05) is 25.6 Å². The summed E-state index contributed by atoms with van der Waals surface area (Å²) in [6.45, 7) is 1.03. The van der Waals surface area contributed by atoms with Crippen LogP contribution in [0.3, 0.4) is 0 Å². The number of likely N-dealkylation sites (tertiary alicyclic amines) is 1. The summed E-state index contributed by atoms with van der Waals surface area (Å²) in [6, 6.07) is 4.16. The van der Waals surface area contributed by atoms with Gasteiger partial charge in [-0.05, 0) is 24.1 Å². The van der Waals surface area contributed by atoms with Gasteiger partial charge in [0.2, 0.25) is 5.91 Å². The summed E-state index contributed by atoms with van der Waals surface area (Å²) in [5.74, 6) is -0.357. The van der Waals surface area contributed by atoms with E-state index in [1.165, 1.54) is 18.2 Å². The molecular weight excluding hydrogens is 312 g/mol. The summed E-state index contributed by atoms with van der Waals surface area (Å²) in [6.07, 6.45) is 1.50. The van der Waals surface area contributed by atoms with E-state index in [0.717, 1.165) is 6.42 Å². The highest BCUT2D eigenvalue weighted by molar-refractivity contribution is 6.32. The number of carbonyl (C=O) groups is 2. The van der Waals surface area contributed by atoms with Gasteiger partial charge < -0.3 is 9.64 Å². The molecule has 1 saturated heterocycles. The van der Waals surface area contributed by atoms with Crippen LogP contribution in [0.15, 0.2) is 18.2 Å². The summed E-state index contributed by atoms with van der Waals surface area (Å²) in [5.41, 5.74) is 0.380. The van der Waals surface area contributed by atoms with Crippen molar-refractivity contribution in [2.24, 2.45) is 0 Å². The number of benzene rings is 1. The van der Waals surface area contributed by atoms with Gasteiger partial charge in [0.1, 0.15) is 11.6 Å². The van der Waals surface area contributed by atoms with E-state index in [1.54, 1.807) is 4.90 Å². The summed E-state index contributed by atoms with van der Waals surface area (Å²) in [7, 11) is 0. The largest absolute Gasteiger partial charge is 0.461 e. The standard InChI is InChI=1S/C14H15ClN2O5/c15-11-8-10(3-4-12(11)17(20)21)9-22-14(19)5-7-16-6-1-2-13(16)18/h3-4,8H,1-2,5-7,9H2. The van der Waals surface area contributed by atoms with E-state index in [2.05, 4.69) is 0 Å². The molecule has 0 saturated carbocycles. The second-order valence-electron chi connectivity index (χ2n) is 4.94. The molecule has 2 rings (SSSR count). The van der Waals surface area contributed by atoms with Crippen molar-refractivity contribution in [3.8, 4) is 0 Å². The number of nitro groups is 1. The number of hydrogen-bond donors (Lipinski definition) is 0. The summed E-state index contributed by atoms with van der Waals surface area (Å²) in [5, 5.41) is 10.6. The Kier molecular flexibility index (Phi) is 5.32. The normalized spacial score (nSPS) is 14.2. The van der Waals surface area contributed by atoms with Crippen LogP contribution in [0.2, 0.25) is 5.02 Å². The molecule has 1 aliphatic heterocycles. The quantitative estimate of drug-likeness (QED) is 0.454. The van der Waals surface area contributed by atoms with E-state index in [-0.39, 0.29) is 29.6 Å². The summed E-state index contributed by atoms with van der Waals surface area (Å²) < 4.78 is 5.07. The van der Waals surface area contributed by atoms with Crippen LogP contribution in [0.5, 0.6) is 0 Å². The van der Waals surface area contributed by atoms with Gasteiger partial charge in [-0.3, -0.25) is 19.7 Å². The first-order valence-corrected chi connectivity index (χ1v) is 7.21. The van der Waals surface area contributed by atoms with Crippen LogP contribution in [-0.2, 0) is 20.9 Å². The number of nitro benzene ring substituents is 1. The van der Waals surface area contributed by atoms with Crippen LogP contribution >= 0.6 is 11.6 Å². The summed E-state index contributed by atoms with van der Waals surface area (Å²) >= 11 is 5.78. The Balaban J connectivity index is 1.79. The number of esters is 1. The molecule has 0 aliphatic carbocycles. The highest BCUT2D eigenvalue weighted by Crippen LogP contribution is 2.25. The molecule has 0 radical (unpaired) electrons. The number of hydrogen-bond acceptors (Lipinski definition) is 5. The van der Waals surface area contributed by atoms with Crippen molar-refractivity contribution < 1.29 is 19.2 Å². The first kappa shape index (κ1) is 16.2. The zero-order chi connectivity index (χ0) is 16.1. The van der Waals surface area contributed by atoms with E-state index >= 15 is 0 Å². The monoisotopic (exact) mass is 326 g/mol. The van der Waals surface area contributed by atoms with Crippen molar-refractivity contribution in [2.75, 3.05) is 13.1 Å². The number of nitrogens with zero attached hydrogens (tertiary/aromatic N) is 2. The van der Waals surface area contributed by atoms with Gasteiger partial charge in [-0.15, -0.1) is 0 Å². The van der Waals surface area contributed by atoms with E-state index in [4.69, 9.17) is 16.3 Å². The second kappa shape index (κ2) is 7.22. The van der Waals surface area contributed by atoms with Gasteiger partial charge in [0.15, 0.2) is 0 Å². The van der Waals surface area contributed by atoms with Gasteiger partial charge >= 0.3 is 5.97 Å². The van der Waals surface area contributed by atoms with E-state index in [0.29, 0.717) is 25.1 Å². The maximum atomic E-state index is 11.6. The molecule has 0 aromatic heterocycles. The SMILES string of the molecule is O=C(CCN1CCCC1=O)OCc1ccc([N+](=O)[O-])c(Cl)c1. The predicted molar refractivity (Wildman–Crippen MR) is 78.3 cm³/mol. The van der Waals surface area contributed by atoms with Crippen molar-refractivity contribution in [3.63, 3.8) is 0 Å². The molecule has 1 amide bonds. The lowest BCUT2D eigenvalue weighted by Gasteiger charge is -2.14. The van der Waals surface area contributed by atoms with Crippen LogP contribution in [0, 0.1) is 10.1 Å². The second-order valence-corrected chi connectivity index (χ2v) is 5.35. The highest BCUT2D eigenvalue weighted by atomic mass is 35.5. The summed E-state index contributed by atoms with van der Waals surface area (Å²) in [4.78, 5) is 34.7. The maximum Gasteiger partial charge on any atom is 0.307 e. The minimum absolute atomic E-state index is 0.00112. The minimum atomic E-state index is -0.578. The lowest BCUT2D eigenvalue weighted by atomic mass is 10.2. The zero-order valence-electron chi connectivity index (χ0n) is 11.8. The maximum absolute atomic E-state index is 11.6. The number of carbonyl (C=O) groups excluding carboxylic acids is 2. The van der Waals surface area contributed by atoms with Crippen LogP contribution in [0.25, 0.3) is 0 Å². The molecule has 0 bridgehead atoms. The first-order valence-electron chi connectivity index (χ1n) is 6.83. The fraction of sp³-hybridized carbons (Fsp3) is 0.429. The predicted octanol–water partition coefficient (Wildman–Crippen LogP) is 2.30. The van der Waals surface area contributed by atoms with E-state index < -0.39 is 10.9 Å². The lowest BCUT2D eigenvalue weighted by Crippen LogP contribution is -2.27. The van der Waals surface area contributed by atoms with Crippen molar-refractivity contribution in [3.05, 3.63) is 38.9 Å². The molecule has 0 spiro atoms. The Morgan fingerprint density at radius 3 is 2.82 bits per heavy atom. The van der Waals surface area contributed by atoms with E-state index in [9.17, 15) is 19.7 Å². The van der Waals surface area contributed by atoms with E-state index in [1.807, 2.05) is 0 Å². The molecule has 1 heterocycles. The smallest absolute Gasteiger partial charge is 0.307 e. The van der Waals surface area contributed by atoms with Crippen LogP contribution in [0.4, 0.5) is 5.69 Å². The Morgan fingerprint density at radius 2 is 2.23 bits per heavy atom. The Labute approximate surface area is 131 Å². The first-order chi connectivity index (χ1) is 10.5. The van der Waals surface area contributed by atoms with Crippen molar-refractivity contribution in [1.82, 2.24) is 4.90 Å². The van der Waals surface area contributed by atoms with Gasteiger partial charge in [-0.1, -0.05) is 11.6 Å². The molecule has 0 N–H and O–H groups in total. The molecular formula is C14H15ClN2O5. The third-order valence-electron chi connectivity index (χ3n) is 3.37. The molecule has 0 atom stereocenters. The van der Waals surface area contributed by atoms with Crippen LogP contribution in [-0.4, -0.2) is 34.8 Å². The zero-order valence-corrected chi connectivity index (χ0v) is 12.5. The Bertz CT molecular complexity index is 605. The molecule has 0 unspecified atom stereocenters. The molecule has 8 heteroatoms. The topological polar surface area (TPSA) is 89.8 Å². The Hall–Kier alpha value is -2.15. The number of ether oxygens (including phenoxy) is 1. The van der Waals surface area contributed by atoms with Crippen LogP contribution < -0.4 is 0 Å². The third-order valence-corrected chi connectivity index (χ3v) is 3.67. The molecule has 1 aliphatic rings. The van der Waals surface area contributed by atoms with Crippen molar-refractivity contribution in [2.45, 2.75) is 25.9 Å². The number of halogens is 1. The minimum Gasteiger partial charge on any atom is -0.461 e. The van der Waals surface area contributed by atoms with Crippen molar-refractivity contribution >= 4 is 29.2 Å².